The number of ether oxygens (including phenoxy) is 2. The van der Waals surface area contributed by atoms with Gasteiger partial charge in [0.05, 0.1) is 0 Å². The molecule has 0 aliphatic rings. The maximum atomic E-state index is 12.6. The van der Waals surface area contributed by atoms with Gasteiger partial charge in [0.1, 0.15) is 16.3 Å². The van der Waals surface area contributed by atoms with E-state index in [0.717, 1.165) is 18.2 Å². The van der Waals surface area contributed by atoms with Crippen LogP contribution >= 0.6 is 0 Å². The zero-order valence-electron chi connectivity index (χ0n) is 17.5. The van der Waals surface area contributed by atoms with Crippen LogP contribution < -0.4 is 10.1 Å². The van der Waals surface area contributed by atoms with E-state index in [0.29, 0.717) is 0 Å². The number of hydrogen-bond donors (Lipinski definition) is 1. The molecule has 2 rings (SSSR count). The van der Waals surface area contributed by atoms with Crippen molar-refractivity contribution in [1.82, 2.24) is 8.87 Å². The van der Waals surface area contributed by atoms with Gasteiger partial charge in [-0.25, -0.2) is 13.2 Å². The first-order valence-electron chi connectivity index (χ1n) is 9.36. The van der Waals surface area contributed by atoms with E-state index in [1.807, 2.05) is 0 Å². The molecular weight excluding hydrogens is 455 g/mol. The zero-order valence-corrected chi connectivity index (χ0v) is 18.3. The second-order valence-corrected chi connectivity index (χ2v) is 8.40. The maximum absolute atomic E-state index is 12.6. The average Bonchev–Trinajstić information content (AvgIpc) is 3.10. The van der Waals surface area contributed by atoms with Crippen molar-refractivity contribution in [2.45, 2.75) is 25.1 Å². The van der Waals surface area contributed by atoms with E-state index in [-0.39, 0.29) is 29.4 Å². The second kappa shape index (κ2) is 10.0. The molecule has 176 valence electrons. The Kier molecular flexibility index (Phi) is 7.91. The predicted molar refractivity (Wildman–Crippen MR) is 108 cm³/mol. The number of hydrogen-bond acceptors (Lipinski definition) is 6. The Hall–Kier alpha value is -3.06. The molecule has 1 aromatic carbocycles. The Balaban J connectivity index is 1.98. The number of sulfonamides is 1. The number of aromatic nitrogens is 1. The van der Waals surface area contributed by atoms with Gasteiger partial charge in [-0.2, -0.15) is 4.31 Å². The number of halogens is 3. The number of esters is 1. The first-order valence-corrected chi connectivity index (χ1v) is 10.8. The highest BCUT2D eigenvalue weighted by Crippen LogP contribution is 2.24. The minimum Gasteiger partial charge on any atom is -0.451 e. The van der Waals surface area contributed by atoms with Crippen LogP contribution in [-0.4, -0.2) is 55.2 Å². The highest BCUT2D eigenvalue weighted by atomic mass is 32.2. The predicted octanol–water partition coefficient (Wildman–Crippen LogP) is 2.75. The summed E-state index contributed by atoms with van der Waals surface area (Å²) in [6, 6.07) is 5.55. The molecule has 13 heteroatoms. The molecule has 0 bridgehead atoms. The van der Waals surface area contributed by atoms with Gasteiger partial charge in [-0.15, -0.1) is 13.2 Å². The topological polar surface area (TPSA) is 107 Å². The molecule has 1 aromatic heterocycles. The van der Waals surface area contributed by atoms with Crippen molar-refractivity contribution in [3.63, 3.8) is 0 Å². The van der Waals surface area contributed by atoms with Crippen LogP contribution in [0.3, 0.4) is 0 Å². The van der Waals surface area contributed by atoms with Crippen LogP contribution in [0.25, 0.3) is 0 Å². The number of aryl methyl sites for hydroxylation is 1. The Morgan fingerprint density at radius 3 is 2.25 bits per heavy atom. The molecule has 0 atom stereocenters. The third kappa shape index (κ3) is 6.47. The van der Waals surface area contributed by atoms with Gasteiger partial charge in [0.2, 0.25) is 10.0 Å². The molecule has 1 N–H and O–H groups in total. The largest absolute Gasteiger partial charge is 0.573 e. The Morgan fingerprint density at radius 1 is 1.12 bits per heavy atom. The van der Waals surface area contributed by atoms with Crippen LogP contribution in [0.2, 0.25) is 0 Å². The molecule has 0 saturated heterocycles. The van der Waals surface area contributed by atoms with E-state index in [2.05, 4.69) is 10.1 Å². The van der Waals surface area contributed by atoms with Crippen LogP contribution in [0.4, 0.5) is 18.9 Å². The third-order valence-electron chi connectivity index (χ3n) is 4.24. The first kappa shape index (κ1) is 25.2. The number of nitrogens with zero attached hydrogens (tertiary/aromatic N) is 2. The van der Waals surface area contributed by atoms with Crippen molar-refractivity contribution in [3.05, 3.63) is 42.2 Å². The molecule has 1 amide bonds. The lowest BCUT2D eigenvalue weighted by atomic mass is 10.3. The van der Waals surface area contributed by atoms with E-state index >= 15 is 0 Å². The smallest absolute Gasteiger partial charge is 0.451 e. The van der Waals surface area contributed by atoms with Crippen molar-refractivity contribution < 1.29 is 40.7 Å². The minimum atomic E-state index is -4.83. The minimum absolute atomic E-state index is 0.0721. The molecular formula is C19H22F3N3O6S. The number of carbonyl (C=O) groups excluding carboxylic acids is 2. The summed E-state index contributed by atoms with van der Waals surface area (Å²) >= 11 is 0. The average molecular weight is 477 g/mol. The number of rotatable bonds is 9. The third-order valence-corrected chi connectivity index (χ3v) is 6.25. The summed E-state index contributed by atoms with van der Waals surface area (Å²) < 4.78 is 72.8. The Labute approximate surface area is 182 Å². The monoisotopic (exact) mass is 477 g/mol. The summed E-state index contributed by atoms with van der Waals surface area (Å²) in [4.78, 5) is 24.2. The normalized spacial score (nSPS) is 12.0. The highest BCUT2D eigenvalue weighted by molar-refractivity contribution is 7.89. The van der Waals surface area contributed by atoms with Gasteiger partial charge in [0, 0.05) is 32.0 Å². The van der Waals surface area contributed by atoms with Crippen molar-refractivity contribution in [1.29, 1.82) is 0 Å². The zero-order chi connectivity index (χ0) is 24.1. The van der Waals surface area contributed by atoms with Gasteiger partial charge < -0.3 is 19.4 Å². The van der Waals surface area contributed by atoms with Crippen LogP contribution in [0, 0.1) is 0 Å². The summed E-state index contributed by atoms with van der Waals surface area (Å²) in [7, 11) is -2.32. The van der Waals surface area contributed by atoms with Gasteiger partial charge in [-0.3, -0.25) is 4.79 Å². The van der Waals surface area contributed by atoms with Gasteiger partial charge >= 0.3 is 12.3 Å². The van der Waals surface area contributed by atoms with Crippen molar-refractivity contribution in [2.24, 2.45) is 7.05 Å². The summed E-state index contributed by atoms with van der Waals surface area (Å²) in [5.74, 6) is -2.12. The van der Waals surface area contributed by atoms with Gasteiger partial charge in [-0.1, -0.05) is 13.8 Å². The number of alkyl halides is 3. The summed E-state index contributed by atoms with van der Waals surface area (Å²) in [6.45, 7) is 3.21. The fourth-order valence-corrected chi connectivity index (χ4v) is 4.26. The molecule has 1 heterocycles. The highest BCUT2D eigenvalue weighted by Gasteiger charge is 2.31. The Bertz CT molecular complexity index is 1060. The van der Waals surface area contributed by atoms with E-state index < -0.39 is 40.6 Å². The van der Waals surface area contributed by atoms with Crippen LogP contribution in [0.1, 0.15) is 24.3 Å². The van der Waals surface area contributed by atoms with Gasteiger partial charge in [-0.05, 0) is 30.3 Å². The molecule has 0 spiro atoms. The van der Waals surface area contributed by atoms with Crippen LogP contribution in [-0.2, 0) is 26.6 Å². The summed E-state index contributed by atoms with van der Waals surface area (Å²) in [5, 5.41) is 2.35. The number of nitrogens with one attached hydrogen (secondary N) is 1. The maximum Gasteiger partial charge on any atom is 0.573 e. The molecule has 0 aliphatic carbocycles. The standard InChI is InChI=1S/C19H22F3N3O6S/c1-4-25(5-2)32(28,29)15-10-16(24(3)11-15)18(27)30-12-17(26)23-13-6-8-14(9-7-13)31-19(20,21)22/h6-11H,4-5,12H2,1-3H3,(H,23,26). The lowest BCUT2D eigenvalue weighted by Gasteiger charge is -2.17. The molecule has 0 aliphatic heterocycles. The van der Waals surface area contributed by atoms with Crippen molar-refractivity contribution in [2.75, 3.05) is 25.0 Å². The fraction of sp³-hybridized carbons (Fsp3) is 0.368. The van der Waals surface area contributed by atoms with Gasteiger partial charge in [0.15, 0.2) is 6.61 Å². The number of amides is 1. The molecule has 9 nitrogen and oxygen atoms in total. The van der Waals surface area contributed by atoms with E-state index in [1.54, 1.807) is 13.8 Å². The summed E-state index contributed by atoms with van der Waals surface area (Å²) in [5.41, 5.74) is 0.0872. The van der Waals surface area contributed by atoms with Gasteiger partial charge in [0.25, 0.3) is 5.91 Å². The quantitative estimate of drug-likeness (QED) is 0.557. The summed E-state index contributed by atoms with van der Waals surface area (Å²) in [6.07, 6.45) is -3.56. The number of anilines is 1. The number of benzene rings is 1. The lowest BCUT2D eigenvalue weighted by Crippen LogP contribution is -2.30. The van der Waals surface area contributed by atoms with E-state index in [4.69, 9.17) is 4.74 Å². The molecule has 0 unspecified atom stereocenters. The molecule has 2 aromatic rings. The van der Waals surface area contributed by atoms with Crippen molar-refractivity contribution >= 4 is 27.6 Å². The molecule has 0 radical (unpaired) electrons. The Morgan fingerprint density at radius 2 is 1.72 bits per heavy atom. The fourth-order valence-electron chi connectivity index (χ4n) is 2.73. The molecule has 0 saturated carbocycles. The first-order chi connectivity index (χ1) is 14.9. The molecule has 0 fully saturated rings. The SMILES string of the molecule is CCN(CC)S(=O)(=O)c1cc(C(=O)OCC(=O)Nc2ccc(OC(F)(F)F)cc2)n(C)c1. The van der Waals surface area contributed by atoms with Crippen molar-refractivity contribution in [3.8, 4) is 5.75 Å². The molecule has 32 heavy (non-hydrogen) atoms. The van der Waals surface area contributed by atoms with E-state index in [1.165, 1.54) is 34.2 Å². The number of carbonyl (C=O) groups is 2. The van der Waals surface area contributed by atoms with Crippen LogP contribution in [0.5, 0.6) is 5.75 Å². The lowest BCUT2D eigenvalue weighted by molar-refractivity contribution is -0.274. The second-order valence-electron chi connectivity index (χ2n) is 6.46. The van der Waals surface area contributed by atoms with Crippen LogP contribution in [0.15, 0.2) is 41.4 Å². The van der Waals surface area contributed by atoms with E-state index in [9.17, 15) is 31.2 Å².